The van der Waals surface area contributed by atoms with E-state index in [-0.39, 0.29) is 49.1 Å². The molecule has 0 amide bonds. The van der Waals surface area contributed by atoms with Crippen LogP contribution in [0, 0.1) is 12.8 Å². The molecule has 1 saturated heterocycles. The molecule has 3 rings (SSSR count). The molecule has 0 bridgehead atoms. The second-order valence-corrected chi connectivity index (χ2v) is 7.31. The lowest BCUT2D eigenvalue weighted by Crippen LogP contribution is -2.18. The largest absolute Gasteiger partial charge is 0.416 e. The molecule has 0 saturated carbocycles. The van der Waals surface area contributed by atoms with Gasteiger partial charge in [0.05, 0.1) is 24.3 Å². The molecule has 2 atom stereocenters. The van der Waals surface area contributed by atoms with Gasteiger partial charge in [-0.25, -0.2) is 0 Å². The molecule has 0 radical (unpaired) electrons. The van der Waals surface area contributed by atoms with Crippen molar-refractivity contribution < 1.29 is 31.1 Å². The van der Waals surface area contributed by atoms with Crippen LogP contribution >= 0.6 is 12.4 Å². The van der Waals surface area contributed by atoms with Crippen molar-refractivity contribution in [1.29, 1.82) is 0 Å². The predicted octanol–water partition coefficient (Wildman–Crippen LogP) is 5.97. The van der Waals surface area contributed by atoms with E-state index in [1.807, 2.05) is 31.2 Å². The minimum atomic E-state index is -4.86. The summed E-state index contributed by atoms with van der Waals surface area (Å²) < 4.78 is 83.3. The number of alkyl halides is 6. The second-order valence-electron chi connectivity index (χ2n) is 7.31. The average molecular weight is 454 g/mol. The highest BCUT2D eigenvalue weighted by molar-refractivity contribution is 5.85. The van der Waals surface area contributed by atoms with Gasteiger partial charge in [-0.1, -0.05) is 24.3 Å². The average Bonchev–Trinajstić information content (AvgIpc) is 3.09. The lowest BCUT2D eigenvalue weighted by atomic mass is 9.87. The molecule has 0 spiro atoms. The van der Waals surface area contributed by atoms with Crippen molar-refractivity contribution in [1.82, 2.24) is 5.32 Å². The van der Waals surface area contributed by atoms with Crippen LogP contribution in [0.2, 0.25) is 0 Å². The predicted molar refractivity (Wildman–Crippen MR) is 104 cm³/mol. The summed E-state index contributed by atoms with van der Waals surface area (Å²) in [4.78, 5) is 0. The van der Waals surface area contributed by atoms with Crippen molar-refractivity contribution >= 4 is 12.4 Å². The third kappa shape index (κ3) is 5.89. The molecule has 1 fully saturated rings. The van der Waals surface area contributed by atoms with Crippen molar-refractivity contribution in [3.8, 4) is 0 Å². The van der Waals surface area contributed by atoms with E-state index in [1.165, 1.54) is 5.56 Å². The highest BCUT2D eigenvalue weighted by Gasteiger charge is 2.37. The van der Waals surface area contributed by atoms with Gasteiger partial charge in [0.2, 0.25) is 0 Å². The minimum Gasteiger partial charge on any atom is -0.376 e. The molecule has 2 aromatic rings. The summed E-state index contributed by atoms with van der Waals surface area (Å²) in [6.45, 7) is 3.36. The molecule has 1 aliphatic rings. The van der Waals surface area contributed by atoms with Gasteiger partial charge < -0.3 is 10.1 Å². The van der Waals surface area contributed by atoms with Crippen LogP contribution in [0.5, 0.6) is 0 Å². The van der Waals surface area contributed by atoms with Gasteiger partial charge in [0.25, 0.3) is 0 Å². The molecule has 2 unspecified atom stereocenters. The normalized spacial score (nSPS) is 19.6. The number of aryl methyl sites for hydroxylation is 1. The van der Waals surface area contributed by atoms with Gasteiger partial charge in [0, 0.05) is 24.9 Å². The molecule has 0 aliphatic carbocycles. The minimum absolute atomic E-state index is 0. The molecule has 9 heteroatoms. The van der Waals surface area contributed by atoms with Crippen LogP contribution in [0.1, 0.15) is 33.7 Å². The third-order valence-corrected chi connectivity index (χ3v) is 5.18. The summed E-state index contributed by atoms with van der Waals surface area (Å²) in [5.74, 6) is 0.271. The van der Waals surface area contributed by atoms with E-state index in [4.69, 9.17) is 4.74 Å². The fourth-order valence-electron chi connectivity index (χ4n) is 3.71. The Labute approximate surface area is 177 Å². The number of benzene rings is 2. The third-order valence-electron chi connectivity index (χ3n) is 5.18. The first-order valence-electron chi connectivity index (χ1n) is 9.18. The Morgan fingerprint density at radius 2 is 1.53 bits per heavy atom. The van der Waals surface area contributed by atoms with E-state index in [0.717, 1.165) is 12.1 Å². The molecule has 1 heterocycles. The summed E-state index contributed by atoms with van der Waals surface area (Å²) in [7, 11) is 0. The highest BCUT2D eigenvalue weighted by Crippen LogP contribution is 2.36. The molecular formula is C21H22ClF6NO. The van der Waals surface area contributed by atoms with E-state index >= 15 is 0 Å². The standard InChI is InChI=1S/C21H21F6NO.ClH/c1-13-4-2-3-5-18(13)19-10-28-9-15(19)12-29-11-14-6-16(20(22,23)24)8-17(7-14)21(25,26)27;/h2-8,15,19,28H,9-12H2,1H3;1H. The second kappa shape index (κ2) is 9.58. The van der Waals surface area contributed by atoms with Crippen LogP contribution in [0.15, 0.2) is 42.5 Å². The fourth-order valence-corrected chi connectivity index (χ4v) is 3.71. The van der Waals surface area contributed by atoms with Crippen LogP contribution in [-0.2, 0) is 23.7 Å². The highest BCUT2D eigenvalue weighted by atomic mass is 35.5. The van der Waals surface area contributed by atoms with Crippen LogP contribution in [0.25, 0.3) is 0 Å². The topological polar surface area (TPSA) is 21.3 Å². The number of rotatable bonds is 5. The Morgan fingerprint density at radius 3 is 2.10 bits per heavy atom. The fraction of sp³-hybridized carbons (Fsp3) is 0.429. The van der Waals surface area contributed by atoms with Crippen LogP contribution in [0.4, 0.5) is 26.3 Å². The van der Waals surface area contributed by atoms with Gasteiger partial charge in [-0.3, -0.25) is 0 Å². The molecule has 2 aromatic carbocycles. The first-order chi connectivity index (χ1) is 13.6. The van der Waals surface area contributed by atoms with Gasteiger partial charge >= 0.3 is 12.4 Å². The maximum atomic E-state index is 13.0. The Kier molecular flexibility index (Phi) is 7.82. The van der Waals surface area contributed by atoms with Gasteiger partial charge in [-0.05, 0) is 41.8 Å². The molecule has 2 nitrogen and oxygen atoms in total. The Balaban J connectivity index is 0.00000320. The maximum absolute atomic E-state index is 13.0. The first kappa shape index (κ1) is 24.5. The van der Waals surface area contributed by atoms with Gasteiger partial charge in [-0.2, -0.15) is 26.3 Å². The molecule has 1 N–H and O–H groups in total. The van der Waals surface area contributed by atoms with Crippen molar-refractivity contribution in [3.63, 3.8) is 0 Å². The number of ether oxygens (including phenoxy) is 1. The number of nitrogens with one attached hydrogen (secondary N) is 1. The summed E-state index contributed by atoms with van der Waals surface area (Å²) in [6, 6.07) is 9.47. The van der Waals surface area contributed by atoms with Crippen molar-refractivity contribution in [2.75, 3.05) is 19.7 Å². The monoisotopic (exact) mass is 453 g/mol. The van der Waals surface area contributed by atoms with Gasteiger partial charge in [0.15, 0.2) is 0 Å². The zero-order valence-electron chi connectivity index (χ0n) is 16.1. The molecule has 30 heavy (non-hydrogen) atoms. The van der Waals surface area contributed by atoms with Crippen molar-refractivity contribution in [3.05, 3.63) is 70.3 Å². The van der Waals surface area contributed by atoms with E-state index in [9.17, 15) is 26.3 Å². The summed E-state index contributed by atoms with van der Waals surface area (Å²) in [6.07, 6.45) is -9.72. The van der Waals surface area contributed by atoms with Crippen molar-refractivity contribution in [2.24, 2.45) is 5.92 Å². The lowest BCUT2D eigenvalue weighted by Gasteiger charge is -2.21. The van der Waals surface area contributed by atoms with Gasteiger partial charge in [-0.15, -0.1) is 12.4 Å². The number of hydrogen-bond donors (Lipinski definition) is 1. The van der Waals surface area contributed by atoms with E-state index in [0.29, 0.717) is 18.7 Å². The Hall–Kier alpha value is -1.77. The quantitative estimate of drug-likeness (QED) is 0.563. The molecule has 166 valence electrons. The Morgan fingerprint density at radius 1 is 0.933 bits per heavy atom. The summed E-state index contributed by atoms with van der Waals surface area (Å²) in [5, 5.41) is 3.28. The van der Waals surface area contributed by atoms with E-state index < -0.39 is 23.5 Å². The van der Waals surface area contributed by atoms with Crippen LogP contribution in [0.3, 0.4) is 0 Å². The summed E-state index contributed by atoms with van der Waals surface area (Å²) in [5.41, 5.74) is -0.494. The SMILES string of the molecule is Cc1ccccc1C1CNCC1COCc1cc(C(F)(F)F)cc(C(F)(F)F)c1.Cl. The summed E-state index contributed by atoms with van der Waals surface area (Å²) >= 11 is 0. The van der Waals surface area contributed by atoms with Crippen LogP contribution in [-0.4, -0.2) is 19.7 Å². The van der Waals surface area contributed by atoms with Crippen molar-refractivity contribution in [2.45, 2.75) is 31.8 Å². The number of hydrogen-bond acceptors (Lipinski definition) is 2. The number of halogens is 7. The smallest absolute Gasteiger partial charge is 0.376 e. The maximum Gasteiger partial charge on any atom is 0.416 e. The van der Waals surface area contributed by atoms with E-state index in [2.05, 4.69) is 5.32 Å². The molecule has 0 aromatic heterocycles. The zero-order chi connectivity index (χ0) is 21.2. The lowest BCUT2D eigenvalue weighted by molar-refractivity contribution is -0.143. The Bertz CT molecular complexity index is 820. The van der Waals surface area contributed by atoms with Crippen LogP contribution < -0.4 is 5.32 Å². The zero-order valence-corrected chi connectivity index (χ0v) is 16.9. The van der Waals surface area contributed by atoms with Gasteiger partial charge in [0.1, 0.15) is 0 Å². The molecular weight excluding hydrogens is 432 g/mol. The van der Waals surface area contributed by atoms with E-state index in [1.54, 1.807) is 0 Å². The molecule has 1 aliphatic heterocycles. The first-order valence-corrected chi connectivity index (χ1v) is 9.18.